The van der Waals surface area contributed by atoms with Crippen molar-refractivity contribution in [2.45, 2.75) is 38.5 Å². The monoisotopic (exact) mass is 658 g/mol. The lowest BCUT2D eigenvalue weighted by atomic mass is 9.84. The smallest absolute Gasteiger partial charge is 0.266 e. The molecule has 3 N–H and O–H groups in total. The molecule has 0 spiro atoms. The van der Waals surface area contributed by atoms with Crippen LogP contribution in [-0.2, 0) is 26.7 Å². The maximum atomic E-state index is 13.9. The minimum Gasteiger partial charge on any atom is -0.456 e. The highest BCUT2D eigenvalue weighted by atomic mass is 35.5. The Morgan fingerprint density at radius 1 is 0.913 bits per heavy atom. The van der Waals surface area contributed by atoms with E-state index < -0.39 is 27.7 Å². The van der Waals surface area contributed by atoms with Crippen LogP contribution in [0.1, 0.15) is 53.7 Å². The SMILES string of the molecule is CC(C)(C)c1ccc(C(Cc2ccc(C(=O)NCCS(=O)(=O)O)cc2)C(=O)Nc2ccc(-c3cc4ccccc4o3)cc2Cl)cc1. The zero-order valence-corrected chi connectivity index (χ0v) is 27.3. The fourth-order valence-corrected chi connectivity index (χ4v) is 5.70. The first kappa shape index (κ1) is 32.9. The molecule has 2 amide bonds. The zero-order valence-electron chi connectivity index (χ0n) is 25.7. The number of benzene rings is 4. The second kappa shape index (κ2) is 13.5. The molecule has 5 aromatic rings. The number of nitrogens with one attached hydrogen (secondary N) is 2. The molecule has 0 saturated carbocycles. The summed E-state index contributed by atoms with van der Waals surface area (Å²) in [6.45, 7) is 6.17. The maximum Gasteiger partial charge on any atom is 0.266 e. The molecule has 0 aliphatic carbocycles. The third-order valence-electron chi connectivity index (χ3n) is 7.73. The van der Waals surface area contributed by atoms with Crippen LogP contribution in [0.3, 0.4) is 0 Å². The topological polar surface area (TPSA) is 126 Å². The van der Waals surface area contributed by atoms with E-state index in [4.69, 9.17) is 20.6 Å². The fourth-order valence-electron chi connectivity index (χ4n) is 5.11. The van der Waals surface area contributed by atoms with Crippen molar-refractivity contribution in [3.8, 4) is 11.3 Å². The Bertz CT molecular complexity index is 1950. The predicted octanol–water partition coefficient (Wildman–Crippen LogP) is 7.63. The molecule has 5 rings (SSSR count). The molecule has 1 unspecified atom stereocenters. The molecular formula is C36H35ClN2O6S. The predicted molar refractivity (Wildman–Crippen MR) is 182 cm³/mol. The van der Waals surface area contributed by atoms with Gasteiger partial charge in [0.2, 0.25) is 5.91 Å². The molecular weight excluding hydrogens is 624 g/mol. The minimum absolute atomic E-state index is 0.0524. The van der Waals surface area contributed by atoms with E-state index in [1.165, 1.54) is 0 Å². The van der Waals surface area contributed by atoms with E-state index in [1.54, 1.807) is 36.4 Å². The summed E-state index contributed by atoms with van der Waals surface area (Å²) in [4.78, 5) is 26.3. The first-order chi connectivity index (χ1) is 21.8. The van der Waals surface area contributed by atoms with Gasteiger partial charge in [-0.1, -0.05) is 87.0 Å². The number of carbonyl (C=O) groups is 2. The first-order valence-electron chi connectivity index (χ1n) is 14.8. The molecule has 0 saturated heterocycles. The number of carbonyl (C=O) groups excluding carboxylic acids is 2. The van der Waals surface area contributed by atoms with Gasteiger partial charge in [0.25, 0.3) is 16.0 Å². The molecule has 8 nitrogen and oxygen atoms in total. The molecule has 1 heterocycles. The largest absolute Gasteiger partial charge is 0.456 e. The van der Waals surface area contributed by atoms with E-state index in [-0.39, 0.29) is 17.9 Å². The van der Waals surface area contributed by atoms with E-state index in [0.29, 0.717) is 28.5 Å². The third-order valence-corrected chi connectivity index (χ3v) is 8.77. The second-order valence-corrected chi connectivity index (χ2v) is 14.2. The Balaban J connectivity index is 1.36. The Morgan fingerprint density at radius 3 is 2.24 bits per heavy atom. The molecule has 1 aromatic heterocycles. The van der Waals surface area contributed by atoms with Crippen molar-refractivity contribution in [3.05, 3.63) is 124 Å². The van der Waals surface area contributed by atoms with Gasteiger partial charge in [-0.3, -0.25) is 14.1 Å². The Morgan fingerprint density at radius 2 is 1.61 bits per heavy atom. The number of hydrogen-bond donors (Lipinski definition) is 3. The van der Waals surface area contributed by atoms with Crippen molar-refractivity contribution in [3.63, 3.8) is 0 Å². The number of fused-ring (bicyclic) bond motifs is 1. The molecule has 10 heteroatoms. The van der Waals surface area contributed by atoms with Crippen molar-refractivity contribution in [1.82, 2.24) is 5.32 Å². The van der Waals surface area contributed by atoms with Crippen LogP contribution in [0.4, 0.5) is 5.69 Å². The van der Waals surface area contributed by atoms with E-state index in [0.717, 1.165) is 33.2 Å². The molecule has 1 atom stereocenters. The number of hydrogen-bond acceptors (Lipinski definition) is 5. The number of amides is 2. The summed E-state index contributed by atoms with van der Waals surface area (Å²) < 4.78 is 36.7. The zero-order chi connectivity index (χ0) is 33.1. The summed E-state index contributed by atoms with van der Waals surface area (Å²) in [5, 5.41) is 6.84. The third kappa shape index (κ3) is 8.23. The molecule has 0 fully saturated rings. The van der Waals surface area contributed by atoms with Gasteiger partial charge in [-0.15, -0.1) is 0 Å². The lowest BCUT2D eigenvalue weighted by molar-refractivity contribution is -0.117. The molecule has 4 aromatic carbocycles. The Kier molecular flexibility index (Phi) is 9.67. The molecule has 46 heavy (non-hydrogen) atoms. The van der Waals surface area contributed by atoms with Gasteiger partial charge < -0.3 is 15.1 Å². The van der Waals surface area contributed by atoms with E-state index in [1.807, 2.05) is 60.7 Å². The minimum atomic E-state index is -4.18. The lowest BCUT2D eigenvalue weighted by Crippen LogP contribution is -2.28. The summed E-state index contributed by atoms with van der Waals surface area (Å²) in [6.07, 6.45) is 0.347. The first-order valence-corrected chi connectivity index (χ1v) is 16.8. The van der Waals surface area contributed by atoms with Gasteiger partial charge in [-0.2, -0.15) is 8.42 Å². The van der Waals surface area contributed by atoms with Crippen LogP contribution < -0.4 is 10.6 Å². The van der Waals surface area contributed by atoms with Gasteiger partial charge in [0, 0.05) is 23.1 Å². The molecule has 0 aliphatic rings. The standard InChI is InChI=1S/C36H35ClN2O6S/c1-36(2,3)28-15-12-24(13-16-28)29(20-23-8-10-25(11-9-23)34(40)38-18-19-46(42,43)44)35(41)39-31-17-14-27(21-30(31)37)33-22-26-6-4-5-7-32(26)45-33/h4-17,21-22,29H,18-20H2,1-3H3,(H,38,40)(H,39,41)(H,42,43,44). The van der Waals surface area contributed by atoms with Crippen LogP contribution in [0.25, 0.3) is 22.3 Å². The number of para-hydroxylation sites is 1. The Labute approximate surface area is 273 Å². The van der Waals surface area contributed by atoms with Crippen LogP contribution >= 0.6 is 11.6 Å². The molecule has 0 bridgehead atoms. The number of halogens is 1. The van der Waals surface area contributed by atoms with Gasteiger partial charge in [-0.25, -0.2) is 0 Å². The van der Waals surface area contributed by atoms with Crippen LogP contribution in [0, 0.1) is 0 Å². The van der Waals surface area contributed by atoms with Crippen molar-refractivity contribution in [2.24, 2.45) is 0 Å². The molecule has 238 valence electrons. The van der Waals surface area contributed by atoms with E-state index in [2.05, 4.69) is 31.4 Å². The summed E-state index contributed by atoms with van der Waals surface area (Å²) in [7, 11) is -4.18. The summed E-state index contributed by atoms with van der Waals surface area (Å²) in [6, 6.07) is 29.8. The summed E-state index contributed by atoms with van der Waals surface area (Å²) in [5.74, 6) is -1.19. The molecule has 0 radical (unpaired) electrons. The van der Waals surface area contributed by atoms with Gasteiger partial charge >= 0.3 is 0 Å². The average Bonchev–Trinajstić information content (AvgIpc) is 3.45. The molecule has 0 aliphatic heterocycles. The fraction of sp³-hybridized carbons (Fsp3) is 0.222. The van der Waals surface area contributed by atoms with Crippen molar-refractivity contribution in [1.29, 1.82) is 0 Å². The normalized spacial score (nSPS) is 12.5. The number of rotatable bonds is 10. The number of anilines is 1. The van der Waals surface area contributed by atoms with Gasteiger partial charge in [0.15, 0.2) is 0 Å². The summed E-state index contributed by atoms with van der Waals surface area (Å²) in [5.41, 5.74) is 5.10. The van der Waals surface area contributed by atoms with Crippen LogP contribution in [0.2, 0.25) is 5.02 Å². The van der Waals surface area contributed by atoms with E-state index >= 15 is 0 Å². The average molecular weight is 659 g/mol. The van der Waals surface area contributed by atoms with Gasteiger partial charge in [0.1, 0.15) is 11.3 Å². The van der Waals surface area contributed by atoms with Crippen molar-refractivity contribution >= 4 is 50.2 Å². The van der Waals surface area contributed by atoms with Gasteiger partial charge in [0.05, 0.1) is 22.4 Å². The highest BCUT2D eigenvalue weighted by Crippen LogP contribution is 2.34. The maximum absolute atomic E-state index is 13.9. The van der Waals surface area contributed by atoms with E-state index in [9.17, 15) is 18.0 Å². The highest BCUT2D eigenvalue weighted by molar-refractivity contribution is 7.85. The van der Waals surface area contributed by atoms with Gasteiger partial charge in [-0.05, 0) is 71.0 Å². The second-order valence-electron chi connectivity index (χ2n) is 12.2. The van der Waals surface area contributed by atoms with Crippen molar-refractivity contribution < 1.29 is 27.0 Å². The van der Waals surface area contributed by atoms with Crippen LogP contribution in [-0.4, -0.2) is 37.1 Å². The van der Waals surface area contributed by atoms with Crippen LogP contribution in [0.15, 0.2) is 101 Å². The van der Waals surface area contributed by atoms with Crippen molar-refractivity contribution in [2.75, 3.05) is 17.6 Å². The lowest BCUT2D eigenvalue weighted by Gasteiger charge is -2.22. The van der Waals surface area contributed by atoms with Crippen LogP contribution in [0.5, 0.6) is 0 Å². The number of furan rings is 1. The quantitative estimate of drug-likeness (QED) is 0.133. The Hall–Kier alpha value is -4.44. The highest BCUT2D eigenvalue weighted by Gasteiger charge is 2.24. The summed E-state index contributed by atoms with van der Waals surface area (Å²) >= 11 is 6.67.